The van der Waals surface area contributed by atoms with E-state index < -0.39 is 0 Å². The third-order valence-electron chi connectivity index (χ3n) is 2.94. The number of hydrogen-bond acceptors (Lipinski definition) is 4. The van der Waals surface area contributed by atoms with Crippen LogP contribution in [0.1, 0.15) is 20.7 Å². The van der Waals surface area contributed by atoms with Gasteiger partial charge >= 0.3 is 0 Å². The number of hydrazone groups is 2. The van der Waals surface area contributed by atoms with Crippen LogP contribution in [0.2, 0.25) is 0 Å². The van der Waals surface area contributed by atoms with E-state index in [-0.39, 0.29) is 11.8 Å². The largest absolute Gasteiger partial charge is 0.271 e. The van der Waals surface area contributed by atoms with Gasteiger partial charge in [0, 0.05) is 24.6 Å². The molecule has 0 fully saturated rings. The average Bonchev–Trinajstić information content (AvgIpc) is 2.55. The summed E-state index contributed by atoms with van der Waals surface area (Å²) in [4.78, 5) is 23.5. The van der Waals surface area contributed by atoms with Crippen LogP contribution in [-0.4, -0.2) is 25.2 Å². The molecule has 0 spiro atoms. The van der Waals surface area contributed by atoms with E-state index in [2.05, 4.69) is 34.5 Å². The van der Waals surface area contributed by atoms with Crippen molar-refractivity contribution in [3.63, 3.8) is 0 Å². The summed E-state index contributed by atoms with van der Waals surface area (Å²) < 4.78 is 0. The Hall–Kier alpha value is -3.28. The van der Waals surface area contributed by atoms with Crippen LogP contribution >= 0.6 is 0 Å². The second-order valence-corrected chi connectivity index (χ2v) is 4.36. The molecule has 0 aliphatic rings. The molecule has 0 aliphatic carbocycles. The average molecular weight is 294 g/mol. The Labute approximate surface area is 127 Å². The van der Waals surface area contributed by atoms with Crippen LogP contribution in [0.4, 0.5) is 0 Å². The Morgan fingerprint density at radius 2 is 1.18 bits per heavy atom. The summed E-state index contributed by atoms with van der Waals surface area (Å²) in [7, 11) is 0. The van der Waals surface area contributed by atoms with E-state index in [1.165, 1.54) is 0 Å². The minimum atomic E-state index is -0.346. The lowest BCUT2D eigenvalue weighted by Gasteiger charge is -2.06. The molecule has 0 saturated carbocycles. The highest BCUT2D eigenvalue weighted by atomic mass is 16.2. The lowest BCUT2D eigenvalue weighted by atomic mass is 10.0. The summed E-state index contributed by atoms with van der Waals surface area (Å²) in [6.45, 7) is 6.43. The van der Waals surface area contributed by atoms with Crippen LogP contribution in [0, 0.1) is 0 Å². The van der Waals surface area contributed by atoms with Crippen LogP contribution in [0.5, 0.6) is 0 Å². The van der Waals surface area contributed by atoms with Crippen LogP contribution < -0.4 is 10.9 Å². The molecule has 0 aliphatic heterocycles. The van der Waals surface area contributed by atoms with Crippen LogP contribution in [-0.2, 0) is 0 Å². The van der Waals surface area contributed by atoms with Gasteiger partial charge in [0.1, 0.15) is 0 Å². The molecule has 0 aromatic heterocycles. The molecule has 22 heavy (non-hydrogen) atoms. The van der Waals surface area contributed by atoms with Gasteiger partial charge in [-0.3, -0.25) is 9.59 Å². The topological polar surface area (TPSA) is 82.9 Å². The predicted octanol–water partition coefficient (Wildman–Crippen LogP) is 2.04. The van der Waals surface area contributed by atoms with Crippen LogP contribution in [0.25, 0.3) is 11.1 Å². The van der Waals surface area contributed by atoms with E-state index in [1.807, 2.05) is 12.1 Å². The highest BCUT2D eigenvalue weighted by Crippen LogP contribution is 2.21. The first-order chi connectivity index (χ1) is 10.7. The van der Waals surface area contributed by atoms with Crippen molar-refractivity contribution in [2.45, 2.75) is 0 Å². The van der Waals surface area contributed by atoms with E-state index in [1.54, 1.807) is 36.4 Å². The predicted molar refractivity (Wildman–Crippen MR) is 85.9 cm³/mol. The van der Waals surface area contributed by atoms with E-state index in [4.69, 9.17) is 0 Å². The lowest BCUT2D eigenvalue weighted by molar-refractivity contribution is 0.0947. The molecule has 0 radical (unpaired) electrons. The maximum absolute atomic E-state index is 11.8. The van der Waals surface area contributed by atoms with Gasteiger partial charge in [0.25, 0.3) is 11.8 Å². The van der Waals surface area contributed by atoms with Gasteiger partial charge in [0.05, 0.1) is 0 Å². The molecule has 0 saturated heterocycles. The molecule has 2 N–H and O–H groups in total. The highest BCUT2D eigenvalue weighted by Gasteiger charge is 2.09. The van der Waals surface area contributed by atoms with E-state index in [0.717, 1.165) is 11.1 Å². The molecule has 2 rings (SSSR count). The minimum absolute atomic E-state index is 0.346. The number of carbonyl (C=O) groups excluding carboxylic acids is 2. The van der Waals surface area contributed by atoms with Crippen LogP contribution in [0.3, 0.4) is 0 Å². The van der Waals surface area contributed by atoms with Crippen molar-refractivity contribution in [3.8, 4) is 11.1 Å². The van der Waals surface area contributed by atoms with E-state index in [9.17, 15) is 9.59 Å². The normalized spacial score (nSPS) is 9.64. The molecular formula is C16H14N4O2. The van der Waals surface area contributed by atoms with Crippen molar-refractivity contribution in [1.29, 1.82) is 0 Å². The second kappa shape index (κ2) is 6.94. The molecule has 0 unspecified atom stereocenters. The van der Waals surface area contributed by atoms with E-state index >= 15 is 0 Å². The Bertz CT molecular complexity index is 677. The van der Waals surface area contributed by atoms with Crippen molar-refractivity contribution in [3.05, 3.63) is 59.7 Å². The van der Waals surface area contributed by atoms with Crippen molar-refractivity contribution in [2.75, 3.05) is 0 Å². The number of carbonyl (C=O) groups is 2. The molecular weight excluding hydrogens is 280 g/mol. The van der Waals surface area contributed by atoms with Gasteiger partial charge in [0.15, 0.2) is 0 Å². The Morgan fingerprint density at radius 3 is 1.55 bits per heavy atom. The van der Waals surface area contributed by atoms with Gasteiger partial charge in [-0.25, -0.2) is 10.9 Å². The molecule has 0 atom stereocenters. The molecule has 6 heteroatoms. The SMILES string of the molecule is C=NNC(=O)c1cccc(-c2cccc(C(=O)NN=C)c2)c1. The number of benzene rings is 2. The quantitative estimate of drug-likeness (QED) is 0.653. The Balaban J connectivity index is 2.36. The molecule has 2 aromatic rings. The minimum Gasteiger partial charge on any atom is -0.267 e. The number of nitrogens with one attached hydrogen (secondary N) is 2. The number of amides is 2. The maximum Gasteiger partial charge on any atom is 0.271 e. The summed E-state index contributed by atoms with van der Waals surface area (Å²) in [5.74, 6) is -0.691. The standard InChI is InChI=1S/C16H14N4O2/c1-17-19-15(21)13-7-3-5-11(9-13)12-6-4-8-14(10-12)16(22)20-18-2/h3-10H,1-2H2,(H,19,21)(H,20,22). The maximum atomic E-state index is 11.8. The zero-order chi connectivity index (χ0) is 15.9. The van der Waals surface area contributed by atoms with Gasteiger partial charge < -0.3 is 0 Å². The Kier molecular flexibility index (Phi) is 4.77. The lowest BCUT2D eigenvalue weighted by Crippen LogP contribution is -2.17. The van der Waals surface area contributed by atoms with Crippen molar-refractivity contribution in [2.24, 2.45) is 10.2 Å². The summed E-state index contributed by atoms with van der Waals surface area (Å²) in [6, 6.07) is 14.0. The summed E-state index contributed by atoms with van der Waals surface area (Å²) in [5, 5.41) is 6.71. The fourth-order valence-electron chi connectivity index (χ4n) is 1.95. The zero-order valence-electron chi connectivity index (χ0n) is 11.7. The molecule has 6 nitrogen and oxygen atoms in total. The molecule has 110 valence electrons. The van der Waals surface area contributed by atoms with Gasteiger partial charge in [-0.05, 0) is 35.4 Å². The summed E-state index contributed by atoms with van der Waals surface area (Å²) in [5.41, 5.74) is 7.07. The number of hydrogen-bond donors (Lipinski definition) is 2. The highest BCUT2D eigenvalue weighted by molar-refractivity contribution is 5.97. The molecule has 2 amide bonds. The fraction of sp³-hybridized carbons (Fsp3) is 0. The summed E-state index contributed by atoms with van der Waals surface area (Å²) >= 11 is 0. The monoisotopic (exact) mass is 294 g/mol. The van der Waals surface area contributed by atoms with Gasteiger partial charge in [0.2, 0.25) is 0 Å². The van der Waals surface area contributed by atoms with Gasteiger partial charge in [-0.1, -0.05) is 24.3 Å². The molecule has 2 aromatic carbocycles. The van der Waals surface area contributed by atoms with Crippen molar-refractivity contribution >= 4 is 25.2 Å². The first-order valence-corrected chi connectivity index (χ1v) is 6.38. The zero-order valence-corrected chi connectivity index (χ0v) is 11.7. The second-order valence-electron chi connectivity index (χ2n) is 4.36. The third-order valence-corrected chi connectivity index (χ3v) is 2.94. The van der Waals surface area contributed by atoms with Crippen LogP contribution in [0.15, 0.2) is 58.7 Å². The smallest absolute Gasteiger partial charge is 0.267 e. The van der Waals surface area contributed by atoms with Gasteiger partial charge in [-0.15, -0.1) is 0 Å². The Morgan fingerprint density at radius 1 is 0.773 bits per heavy atom. The molecule has 0 heterocycles. The first kappa shape index (κ1) is 15.1. The number of rotatable bonds is 5. The van der Waals surface area contributed by atoms with Crippen molar-refractivity contribution in [1.82, 2.24) is 10.9 Å². The number of nitrogens with zero attached hydrogens (tertiary/aromatic N) is 2. The summed E-state index contributed by atoms with van der Waals surface area (Å²) in [6.07, 6.45) is 0. The van der Waals surface area contributed by atoms with Gasteiger partial charge in [-0.2, -0.15) is 10.2 Å². The fourth-order valence-corrected chi connectivity index (χ4v) is 1.95. The van der Waals surface area contributed by atoms with Crippen molar-refractivity contribution < 1.29 is 9.59 Å². The van der Waals surface area contributed by atoms with E-state index in [0.29, 0.717) is 11.1 Å². The third kappa shape index (κ3) is 3.43. The molecule has 0 bridgehead atoms. The first-order valence-electron chi connectivity index (χ1n) is 6.38.